The average molecular weight is 242 g/mol. The number of ether oxygens (including phenoxy) is 2. The first kappa shape index (κ1) is 14.0. The summed E-state index contributed by atoms with van der Waals surface area (Å²) in [6.45, 7) is 5.57. The Morgan fingerprint density at radius 2 is 2.12 bits per heavy atom. The van der Waals surface area contributed by atoms with Crippen LogP contribution in [-0.2, 0) is 14.3 Å². The molecule has 0 spiro atoms. The molecule has 1 aliphatic rings. The summed E-state index contributed by atoms with van der Waals surface area (Å²) in [5, 5.41) is 8.58. The number of carbonyl (C=O) groups is 1. The molecular formula is C13H22O4. The predicted molar refractivity (Wildman–Crippen MR) is 64.3 cm³/mol. The lowest BCUT2D eigenvalue weighted by Crippen LogP contribution is -2.30. The van der Waals surface area contributed by atoms with Crippen LogP contribution < -0.4 is 0 Å². The molecule has 98 valence electrons. The zero-order valence-electron chi connectivity index (χ0n) is 10.5. The second-order valence-corrected chi connectivity index (χ2v) is 4.39. The highest BCUT2D eigenvalue weighted by molar-refractivity contribution is 5.85. The van der Waals surface area contributed by atoms with Crippen molar-refractivity contribution in [3.63, 3.8) is 0 Å². The number of hydrogen-bond acceptors (Lipinski definition) is 4. The second kappa shape index (κ2) is 7.33. The molecule has 0 saturated heterocycles. The summed E-state index contributed by atoms with van der Waals surface area (Å²) in [7, 11) is 0. The Bertz CT molecular complexity index is 262. The molecule has 1 aliphatic carbocycles. The fourth-order valence-electron chi connectivity index (χ4n) is 2.23. The fourth-order valence-corrected chi connectivity index (χ4v) is 2.23. The van der Waals surface area contributed by atoms with E-state index < -0.39 is 5.97 Å². The summed E-state index contributed by atoms with van der Waals surface area (Å²) in [5.74, 6) is -0.0541. The molecule has 0 amide bonds. The van der Waals surface area contributed by atoms with Crippen LogP contribution in [-0.4, -0.2) is 30.4 Å². The summed E-state index contributed by atoms with van der Waals surface area (Å²) in [6, 6.07) is 0. The molecule has 4 heteroatoms. The van der Waals surface area contributed by atoms with Crippen LogP contribution in [0, 0.1) is 5.92 Å². The molecule has 0 aromatic rings. The van der Waals surface area contributed by atoms with Crippen molar-refractivity contribution in [1.82, 2.24) is 0 Å². The molecule has 4 nitrogen and oxygen atoms in total. The van der Waals surface area contributed by atoms with E-state index in [0.717, 1.165) is 25.7 Å². The van der Waals surface area contributed by atoms with Gasteiger partial charge in [0.15, 0.2) is 5.76 Å². The van der Waals surface area contributed by atoms with Crippen LogP contribution in [0.3, 0.4) is 0 Å². The minimum Gasteiger partial charge on any atom is -0.485 e. The highest BCUT2D eigenvalue weighted by atomic mass is 16.6. The number of hydrogen-bond donors (Lipinski definition) is 1. The monoisotopic (exact) mass is 242 g/mol. The highest BCUT2D eigenvalue weighted by Gasteiger charge is 2.27. The molecule has 0 aromatic carbocycles. The van der Waals surface area contributed by atoms with Gasteiger partial charge in [-0.25, -0.2) is 4.79 Å². The lowest BCUT2D eigenvalue weighted by molar-refractivity contribution is -0.153. The molecule has 17 heavy (non-hydrogen) atoms. The Hall–Kier alpha value is -1.03. The van der Waals surface area contributed by atoms with E-state index in [0.29, 0.717) is 5.92 Å². The summed E-state index contributed by atoms with van der Waals surface area (Å²) < 4.78 is 10.4. The number of esters is 1. The van der Waals surface area contributed by atoms with Crippen molar-refractivity contribution < 1.29 is 19.4 Å². The van der Waals surface area contributed by atoms with Gasteiger partial charge in [-0.2, -0.15) is 0 Å². The summed E-state index contributed by atoms with van der Waals surface area (Å²) in [4.78, 5) is 11.7. The third-order valence-corrected chi connectivity index (χ3v) is 3.22. The zero-order valence-corrected chi connectivity index (χ0v) is 10.5. The van der Waals surface area contributed by atoms with Crippen LogP contribution in [0.2, 0.25) is 0 Å². The second-order valence-electron chi connectivity index (χ2n) is 4.39. The van der Waals surface area contributed by atoms with Gasteiger partial charge in [-0.1, -0.05) is 13.3 Å². The third kappa shape index (κ3) is 4.38. The van der Waals surface area contributed by atoms with E-state index in [1.165, 1.54) is 6.42 Å². The van der Waals surface area contributed by atoms with Crippen molar-refractivity contribution in [2.75, 3.05) is 13.2 Å². The van der Waals surface area contributed by atoms with Crippen LogP contribution in [0.4, 0.5) is 0 Å². The number of rotatable bonds is 6. The quantitative estimate of drug-likeness (QED) is 0.440. The molecule has 0 aliphatic heterocycles. The number of carbonyl (C=O) groups excluding carboxylic acids is 1. The maximum atomic E-state index is 11.7. The van der Waals surface area contributed by atoms with Gasteiger partial charge < -0.3 is 14.6 Å². The molecule has 1 fully saturated rings. The summed E-state index contributed by atoms with van der Waals surface area (Å²) in [5.41, 5.74) is 0. The summed E-state index contributed by atoms with van der Waals surface area (Å²) in [6.07, 6.45) is 5.40. The largest absolute Gasteiger partial charge is 0.485 e. The molecule has 0 heterocycles. The highest BCUT2D eigenvalue weighted by Crippen LogP contribution is 2.29. The Labute approximate surface area is 103 Å². The Balaban J connectivity index is 2.40. The first-order valence-corrected chi connectivity index (χ1v) is 6.32. The van der Waals surface area contributed by atoms with E-state index in [9.17, 15) is 4.79 Å². The molecule has 0 radical (unpaired) electrons. The zero-order chi connectivity index (χ0) is 12.7. The third-order valence-electron chi connectivity index (χ3n) is 3.22. The summed E-state index contributed by atoms with van der Waals surface area (Å²) >= 11 is 0. The van der Waals surface area contributed by atoms with Crippen molar-refractivity contribution in [2.45, 2.75) is 45.1 Å². The van der Waals surface area contributed by atoms with Crippen molar-refractivity contribution in [2.24, 2.45) is 5.92 Å². The van der Waals surface area contributed by atoms with Crippen LogP contribution in [0.15, 0.2) is 12.3 Å². The van der Waals surface area contributed by atoms with Crippen molar-refractivity contribution >= 4 is 5.97 Å². The van der Waals surface area contributed by atoms with Crippen LogP contribution in [0.1, 0.15) is 39.0 Å². The lowest BCUT2D eigenvalue weighted by Gasteiger charge is -2.30. The molecule has 2 unspecified atom stereocenters. The van der Waals surface area contributed by atoms with Gasteiger partial charge in [0.25, 0.3) is 0 Å². The molecule has 1 N–H and O–H groups in total. The molecule has 1 rings (SSSR count). The van der Waals surface area contributed by atoms with Crippen LogP contribution in [0.5, 0.6) is 0 Å². The SMILES string of the molecule is C=C(OCCO)C(=O)OC1CCCCC1CC. The molecule has 1 saturated carbocycles. The molecular weight excluding hydrogens is 220 g/mol. The maximum absolute atomic E-state index is 11.7. The fraction of sp³-hybridized carbons (Fsp3) is 0.769. The van der Waals surface area contributed by atoms with Gasteiger partial charge in [-0.3, -0.25) is 0 Å². The number of aliphatic hydroxyl groups excluding tert-OH is 1. The van der Waals surface area contributed by atoms with Crippen molar-refractivity contribution in [1.29, 1.82) is 0 Å². The minimum absolute atomic E-state index is 0.00396. The van der Waals surface area contributed by atoms with Crippen LogP contribution in [0.25, 0.3) is 0 Å². The molecule has 0 bridgehead atoms. The maximum Gasteiger partial charge on any atom is 0.373 e. The standard InChI is InChI=1S/C13H22O4/c1-3-11-6-4-5-7-12(11)17-13(15)10(2)16-9-8-14/h11-12,14H,2-9H2,1H3. The lowest BCUT2D eigenvalue weighted by atomic mass is 9.85. The van der Waals surface area contributed by atoms with Gasteiger partial charge in [0, 0.05) is 0 Å². The first-order valence-electron chi connectivity index (χ1n) is 6.32. The van der Waals surface area contributed by atoms with E-state index >= 15 is 0 Å². The van der Waals surface area contributed by atoms with Gasteiger partial charge in [-0.15, -0.1) is 0 Å². The first-order chi connectivity index (χ1) is 8.19. The Morgan fingerprint density at radius 3 is 2.76 bits per heavy atom. The van der Waals surface area contributed by atoms with E-state index in [2.05, 4.69) is 13.5 Å². The molecule has 0 aromatic heterocycles. The van der Waals surface area contributed by atoms with Gasteiger partial charge in [0.05, 0.1) is 6.61 Å². The van der Waals surface area contributed by atoms with Crippen molar-refractivity contribution in [3.05, 3.63) is 12.3 Å². The van der Waals surface area contributed by atoms with Gasteiger partial charge in [0.2, 0.25) is 0 Å². The van der Waals surface area contributed by atoms with E-state index in [-0.39, 0.29) is 25.1 Å². The smallest absolute Gasteiger partial charge is 0.373 e. The molecule has 2 atom stereocenters. The van der Waals surface area contributed by atoms with E-state index in [1.54, 1.807) is 0 Å². The van der Waals surface area contributed by atoms with Crippen molar-refractivity contribution in [3.8, 4) is 0 Å². The Kier molecular flexibility index (Phi) is 6.05. The minimum atomic E-state index is -0.496. The Morgan fingerprint density at radius 1 is 1.41 bits per heavy atom. The van der Waals surface area contributed by atoms with Gasteiger partial charge in [0.1, 0.15) is 12.7 Å². The van der Waals surface area contributed by atoms with E-state index in [1.807, 2.05) is 0 Å². The number of aliphatic hydroxyl groups is 1. The predicted octanol–water partition coefficient (Wildman–Crippen LogP) is 2.02. The topological polar surface area (TPSA) is 55.8 Å². The van der Waals surface area contributed by atoms with E-state index in [4.69, 9.17) is 14.6 Å². The normalized spacial score (nSPS) is 24.1. The van der Waals surface area contributed by atoms with Gasteiger partial charge in [-0.05, 0) is 38.2 Å². The average Bonchev–Trinajstić information content (AvgIpc) is 2.36. The van der Waals surface area contributed by atoms with Gasteiger partial charge >= 0.3 is 5.97 Å². The van der Waals surface area contributed by atoms with Crippen LogP contribution >= 0.6 is 0 Å².